The molecule has 0 saturated carbocycles. The van der Waals surface area contributed by atoms with Crippen LogP contribution in [0.4, 0.5) is 68.2 Å². The molecule has 0 aliphatic carbocycles. The quantitative estimate of drug-likeness (QED) is 0.141. The van der Waals surface area contributed by atoms with E-state index in [0.717, 1.165) is 34.1 Å². The van der Waals surface area contributed by atoms with E-state index >= 15 is 0 Å². The Morgan fingerprint density at radius 3 is 0.991 bits per heavy atom. The minimum Gasteiger partial charge on any atom is -0.311 e. The van der Waals surface area contributed by atoms with Gasteiger partial charge in [-0.3, -0.25) is 0 Å². The van der Waals surface area contributed by atoms with Crippen LogP contribution in [-0.2, 0) is 54.1 Å². The third kappa shape index (κ3) is 16.3. The molecule has 2 aliphatic heterocycles. The molecular formula is C100H124BClN4. The highest BCUT2D eigenvalue weighted by Crippen LogP contribution is 2.51. The Labute approximate surface area is 647 Å². The first-order valence-corrected chi connectivity index (χ1v) is 39.3. The van der Waals surface area contributed by atoms with Crippen molar-refractivity contribution in [2.24, 2.45) is 0 Å². The van der Waals surface area contributed by atoms with E-state index in [1.807, 2.05) is 0 Å². The molecule has 0 bridgehead atoms. The zero-order valence-electron chi connectivity index (χ0n) is 70.4. The van der Waals surface area contributed by atoms with Crippen LogP contribution in [0.1, 0.15) is 263 Å². The number of hydrogen-bond donors (Lipinski definition) is 0. The van der Waals surface area contributed by atoms with Crippen LogP contribution in [-0.4, -0.2) is 6.71 Å². The van der Waals surface area contributed by atoms with Crippen LogP contribution in [0, 0.1) is 0 Å². The van der Waals surface area contributed by atoms with E-state index in [2.05, 4.69) is 434 Å². The standard InChI is InChI=1S/C50H61BN2.C50H63ClN2/c1-46(2,3)32-19-23-37(24-20-32)52-41-26-22-33(47(4,5)6)30-40(41)51-39-25-21-34(48(7,8)9)31-44(39)53(43-18-16-17-42(52)45(43)51)38-28-35(49(10,11)12)27-36(29-38)50(13,14)15;1-46(2,3)34-22-26-39(27-23-34)52(40-28-24-35(25-29-40)47(4,5)6)43-20-17-21-44(45(43)51)53(41-19-16-18-36(31-41)48(7,8)9)42-32-37(49(10,11)12)30-38(33-42)50(13,14)15/h16-31H,1-15H3;16-33H,1-15H3. The summed E-state index contributed by atoms with van der Waals surface area (Å²) in [5, 5.41) is 0.687. The lowest BCUT2D eigenvalue weighted by atomic mass is 9.33. The largest absolute Gasteiger partial charge is 0.311 e. The van der Waals surface area contributed by atoms with Gasteiger partial charge in [0.15, 0.2) is 0 Å². The van der Waals surface area contributed by atoms with Crippen molar-refractivity contribution in [3.8, 4) is 0 Å². The maximum Gasteiger partial charge on any atom is 0.252 e. The van der Waals surface area contributed by atoms with Gasteiger partial charge in [-0.1, -0.05) is 316 Å². The van der Waals surface area contributed by atoms with E-state index in [1.54, 1.807) is 0 Å². The Hall–Kier alpha value is -8.25. The minimum atomic E-state index is -0.0458. The summed E-state index contributed by atoms with van der Waals surface area (Å²) in [6.07, 6.45) is 0. The van der Waals surface area contributed by atoms with E-state index < -0.39 is 0 Å². The average Bonchev–Trinajstić information content (AvgIpc) is 0.695. The molecular weight excluding hydrogens is 1300 g/mol. The molecule has 0 fully saturated rings. The van der Waals surface area contributed by atoms with Crippen LogP contribution in [0.3, 0.4) is 0 Å². The fraction of sp³-hybridized carbons (Fsp3) is 0.400. The molecule has 2 aliphatic rings. The molecule has 0 N–H and O–H groups in total. The van der Waals surface area contributed by atoms with Crippen LogP contribution in [0.5, 0.6) is 0 Å². The summed E-state index contributed by atoms with van der Waals surface area (Å²) in [7, 11) is 0. The number of hydrogen-bond acceptors (Lipinski definition) is 4. The number of halogens is 1. The molecule has 0 saturated heterocycles. The molecule has 10 aromatic carbocycles. The molecule has 2 heterocycles. The zero-order valence-corrected chi connectivity index (χ0v) is 71.1. The first-order chi connectivity index (χ1) is 48.8. The van der Waals surface area contributed by atoms with E-state index in [-0.39, 0.29) is 60.9 Å². The molecule has 0 radical (unpaired) electrons. The van der Waals surface area contributed by atoms with Crippen LogP contribution in [0.15, 0.2) is 206 Å². The Morgan fingerprint density at radius 1 is 0.236 bits per heavy atom. The van der Waals surface area contributed by atoms with Crippen LogP contribution in [0.25, 0.3) is 0 Å². The average molecular weight is 1430 g/mol. The normalized spacial score (nSPS) is 13.7. The van der Waals surface area contributed by atoms with Crippen molar-refractivity contribution >= 4 is 103 Å². The Balaban J connectivity index is 0.000000212. The summed E-state index contributed by atoms with van der Waals surface area (Å²) < 4.78 is 0. The number of fused-ring (bicyclic) bond motifs is 4. The maximum absolute atomic E-state index is 7.81. The van der Waals surface area contributed by atoms with Crippen molar-refractivity contribution in [3.05, 3.63) is 267 Å². The third-order valence-electron chi connectivity index (χ3n) is 21.9. The SMILES string of the molecule is CC(C)(C)c1ccc(N(c2ccc(C(C)(C)C)cc2)c2cccc(N(c3cccc(C(C)(C)C)c3)c3cc(C(C)(C)C)cc(C(C)(C)C)c3)c2Cl)cc1.CC(C)(C)c1ccc(N2c3ccc(C(C)(C)C)cc3B3c4ccc(C(C)(C)C)cc4N(c4cc(C(C)(C)C)cc(C(C)(C)C)c4)c4cccc2c43)cc1. The van der Waals surface area contributed by atoms with Crippen molar-refractivity contribution < 1.29 is 0 Å². The maximum atomic E-state index is 7.81. The highest BCUT2D eigenvalue weighted by Gasteiger charge is 2.45. The van der Waals surface area contributed by atoms with Gasteiger partial charge < -0.3 is 19.6 Å². The second kappa shape index (κ2) is 27.8. The molecule has 106 heavy (non-hydrogen) atoms. The molecule has 0 unspecified atom stereocenters. The second-order valence-electron chi connectivity index (χ2n) is 40.9. The molecule has 0 aromatic heterocycles. The van der Waals surface area contributed by atoms with Gasteiger partial charge in [-0.2, -0.15) is 0 Å². The number of anilines is 12. The van der Waals surface area contributed by atoms with Gasteiger partial charge in [0.05, 0.1) is 16.4 Å². The molecule has 10 aromatic rings. The Kier molecular flexibility index (Phi) is 20.6. The lowest BCUT2D eigenvalue weighted by molar-refractivity contribution is 0.568. The topological polar surface area (TPSA) is 13.0 Å². The van der Waals surface area contributed by atoms with Crippen molar-refractivity contribution in [1.29, 1.82) is 0 Å². The fourth-order valence-corrected chi connectivity index (χ4v) is 15.1. The molecule has 6 heteroatoms. The van der Waals surface area contributed by atoms with Gasteiger partial charge in [-0.25, -0.2) is 0 Å². The molecule has 0 atom stereocenters. The summed E-state index contributed by atoms with van der Waals surface area (Å²) in [5.41, 5.74) is 31.1. The van der Waals surface area contributed by atoms with Crippen LogP contribution in [0.2, 0.25) is 5.02 Å². The molecule has 4 nitrogen and oxygen atoms in total. The molecule has 12 rings (SSSR count). The lowest BCUT2D eigenvalue weighted by Crippen LogP contribution is -2.61. The van der Waals surface area contributed by atoms with Gasteiger partial charge in [0.2, 0.25) is 0 Å². The van der Waals surface area contributed by atoms with Gasteiger partial charge in [-0.15, -0.1) is 0 Å². The molecule has 554 valence electrons. The van der Waals surface area contributed by atoms with Gasteiger partial charge in [-0.05, 0) is 235 Å². The highest BCUT2D eigenvalue weighted by atomic mass is 35.5. The van der Waals surface area contributed by atoms with Crippen LogP contribution < -0.4 is 36.0 Å². The summed E-state index contributed by atoms with van der Waals surface area (Å²) >= 11 is 7.81. The predicted molar refractivity (Wildman–Crippen MR) is 468 cm³/mol. The van der Waals surface area contributed by atoms with E-state index in [1.165, 1.54) is 106 Å². The first kappa shape index (κ1) is 78.8. The molecule has 0 amide bonds. The van der Waals surface area contributed by atoms with Crippen molar-refractivity contribution in [2.75, 3.05) is 19.6 Å². The Bertz CT molecular complexity index is 4740. The van der Waals surface area contributed by atoms with Gasteiger partial charge in [0.1, 0.15) is 0 Å². The summed E-state index contributed by atoms with van der Waals surface area (Å²) in [5.74, 6) is 0. The van der Waals surface area contributed by atoms with Crippen molar-refractivity contribution in [3.63, 3.8) is 0 Å². The summed E-state index contributed by atoms with van der Waals surface area (Å²) in [6, 6.07) is 78.7. The van der Waals surface area contributed by atoms with Crippen molar-refractivity contribution in [1.82, 2.24) is 0 Å². The number of nitrogens with zero attached hydrogens (tertiary/aromatic N) is 4. The minimum absolute atomic E-state index is 0.00114. The number of benzene rings is 10. The van der Waals surface area contributed by atoms with Gasteiger partial charge in [0, 0.05) is 56.9 Å². The monoisotopic (exact) mass is 1430 g/mol. The molecule has 0 spiro atoms. The summed E-state index contributed by atoms with van der Waals surface area (Å²) in [4.78, 5) is 9.81. The van der Waals surface area contributed by atoms with Crippen LogP contribution >= 0.6 is 11.6 Å². The van der Waals surface area contributed by atoms with Crippen molar-refractivity contribution in [2.45, 2.75) is 262 Å². The fourth-order valence-electron chi connectivity index (χ4n) is 14.8. The van der Waals surface area contributed by atoms with E-state index in [9.17, 15) is 0 Å². The highest BCUT2D eigenvalue weighted by molar-refractivity contribution is 7.00. The zero-order chi connectivity index (χ0) is 77.9. The lowest BCUT2D eigenvalue weighted by Gasteiger charge is -2.45. The smallest absolute Gasteiger partial charge is 0.252 e. The van der Waals surface area contributed by atoms with Gasteiger partial charge >= 0.3 is 0 Å². The van der Waals surface area contributed by atoms with E-state index in [0.29, 0.717) is 5.02 Å². The van der Waals surface area contributed by atoms with Gasteiger partial charge in [0.25, 0.3) is 6.71 Å². The predicted octanol–water partition coefficient (Wildman–Crippen LogP) is 28.0. The Morgan fingerprint density at radius 2 is 0.566 bits per heavy atom. The summed E-state index contributed by atoms with van der Waals surface area (Å²) in [6.45, 7) is 69.2. The number of rotatable bonds is 8. The second-order valence-corrected chi connectivity index (χ2v) is 41.2. The first-order valence-electron chi connectivity index (χ1n) is 39.0. The third-order valence-corrected chi connectivity index (χ3v) is 22.3. The van der Waals surface area contributed by atoms with E-state index in [4.69, 9.17) is 11.6 Å².